The highest BCUT2D eigenvalue weighted by Crippen LogP contribution is 2.06. The number of amides is 1. The van der Waals surface area contributed by atoms with Crippen LogP contribution in [0.25, 0.3) is 0 Å². The van der Waals surface area contributed by atoms with Gasteiger partial charge in [-0.1, -0.05) is 0 Å². The van der Waals surface area contributed by atoms with E-state index < -0.39 is 0 Å². The number of carbonyl (C=O) groups is 1. The molecule has 0 radical (unpaired) electrons. The topological polar surface area (TPSA) is 49.6 Å². The molecule has 1 atom stereocenters. The Kier molecular flexibility index (Phi) is 3.69. The molecule has 0 aromatic heterocycles. The predicted molar refractivity (Wildman–Crippen MR) is 52.3 cm³/mol. The number of hydrogen-bond donors (Lipinski definition) is 1. The van der Waals surface area contributed by atoms with Crippen molar-refractivity contribution >= 4 is 5.91 Å². The molecular weight excluding hydrogens is 166 g/mol. The molecule has 1 fully saturated rings. The van der Waals surface area contributed by atoms with Crippen molar-refractivity contribution in [1.82, 2.24) is 9.80 Å². The van der Waals surface area contributed by atoms with E-state index >= 15 is 0 Å². The summed E-state index contributed by atoms with van der Waals surface area (Å²) in [6.45, 7) is 5.11. The van der Waals surface area contributed by atoms with Crippen LogP contribution in [0.3, 0.4) is 0 Å². The van der Waals surface area contributed by atoms with E-state index in [2.05, 4.69) is 4.90 Å². The molecule has 0 aromatic carbocycles. The van der Waals surface area contributed by atoms with E-state index in [4.69, 9.17) is 5.73 Å². The molecule has 1 rings (SSSR count). The van der Waals surface area contributed by atoms with Gasteiger partial charge in [0.15, 0.2) is 0 Å². The second-order valence-corrected chi connectivity index (χ2v) is 3.69. The maximum atomic E-state index is 11.5. The summed E-state index contributed by atoms with van der Waals surface area (Å²) in [5, 5.41) is 0. The monoisotopic (exact) mass is 185 g/mol. The molecule has 1 amide bonds. The molecule has 2 N–H and O–H groups in total. The van der Waals surface area contributed by atoms with Crippen LogP contribution in [0.2, 0.25) is 0 Å². The minimum Gasteiger partial charge on any atom is -0.345 e. The fourth-order valence-corrected chi connectivity index (χ4v) is 1.49. The first kappa shape index (κ1) is 10.5. The van der Waals surface area contributed by atoms with Crippen LogP contribution in [-0.2, 0) is 4.79 Å². The highest BCUT2D eigenvalue weighted by molar-refractivity contribution is 5.77. The zero-order valence-corrected chi connectivity index (χ0v) is 8.49. The van der Waals surface area contributed by atoms with E-state index in [1.165, 1.54) is 0 Å². The minimum absolute atomic E-state index is 0.191. The molecule has 13 heavy (non-hydrogen) atoms. The normalized spacial score (nSPS) is 23.5. The van der Waals surface area contributed by atoms with Crippen LogP contribution in [0.5, 0.6) is 0 Å². The molecule has 0 bridgehead atoms. The van der Waals surface area contributed by atoms with Crippen LogP contribution in [0.1, 0.15) is 13.3 Å². The Labute approximate surface area is 79.7 Å². The lowest BCUT2D eigenvalue weighted by atomic mass is 10.3. The lowest BCUT2D eigenvalue weighted by Crippen LogP contribution is -2.38. The Morgan fingerprint density at radius 1 is 1.69 bits per heavy atom. The molecule has 4 nitrogen and oxygen atoms in total. The smallest absolute Gasteiger partial charge is 0.236 e. The molecule has 76 valence electrons. The molecule has 1 unspecified atom stereocenters. The second-order valence-electron chi connectivity index (χ2n) is 3.69. The molecule has 1 heterocycles. The van der Waals surface area contributed by atoms with Crippen molar-refractivity contribution in [3.8, 4) is 0 Å². The van der Waals surface area contributed by atoms with Gasteiger partial charge in [0.25, 0.3) is 0 Å². The summed E-state index contributed by atoms with van der Waals surface area (Å²) in [6, 6.07) is 0.264. The summed E-state index contributed by atoms with van der Waals surface area (Å²) < 4.78 is 0. The number of carbonyl (C=O) groups excluding carboxylic acids is 1. The highest BCUT2D eigenvalue weighted by Gasteiger charge is 2.21. The van der Waals surface area contributed by atoms with Crippen LogP contribution in [0, 0.1) is 0 Å². The van der Waals surface area contributed by atoms with Gasteiger partial charge in [0.1, 0.15) is 0 Å². The number of likely N-dealkylation sites (tertiary alicyclic amines) is 1. The summed E-state index contributed by atoms with van der Waals surface area (Å²) >= 11 is 0. The zero-order chi connectivity index (χ0) is 9.84. The van der Waals surface area contributed by atoms with Crippen LogP contribution in [0.15, 0.2) is 0 Å². The third kappa shape index (κ3) is 2.97. The third-order valence-corrected chi connectivity index (χ3v) is 2.57. The van der Waals surface area contributed by atoms with Crippen molar-refractivity contribution in [1.29, 1.82) is 0 Å². The molecule has 1 aliphatic rings. The Balaban J connectivity index is 2.28. The van der Waals surface area contributed by atoms with E-state index in [1.807, 2.05) is 14.0 Å². The number of nitrogens with two attached hydrogens (primary N) is 1. The first-order valence-corrected chi connectivity index (χ1v) is 4.85. The van der Waals surface area contributed by atoms with Gasteiger partial charge in [-0.15, -0.1) is 0 Å². The largest absolute Gasteiger partial charge is 0.345 e. The number of rotatable bonds is 3. The summed E-state index contributed by atoms with van der Waals surface area (Å²) in [5.74, 6) is 0.191. The van der Waals surface area contributed by atoms with Crippen molar-refractivity contribution in [2.75, 3.05) is 33.2 Å². The Bertz CT molecular complexity index is 184. The van der Waals surface area contributed by atoms with Crippen molar-refractivity contribution in [2.24, 2.45) is 5.73 Å². The maximum absolute atomic E-state index is 11.5. The number of hydrogen-bond acceptors (Lipinski definition) is 3. The molecule has 0 saturated carbocycles. The SMILES string of the molecule is CCN(C)C(=O)CN1CCC(N)C1. The van der Waals surface area contributed by atoms with Crippen molar-refractivity contribution < 1.29 is 4.79 Å². The van der Waals surface area contributed by atoms with Crippen molar-refractivity contribution in [3.05, 3.63) is 0 Å². The molecule has 0 spiro atoms. The highest BCUT2D eigenvalue weighted by atomic mass is 16.2. The Morgan fingerprint density at radius 3 is 2.85 bits per heavy atom. The molecule has 1 aliphatic heterocycles. The standard InChI is InChI=1S/C9H19N3O/c1-3-11(2)9(13)7-12-5-4-8(10)6-12/h8H,3-7,10H2,1-2H3. The summed E-state index contributed by atoms with van der Waals surface area (Å²) in [4.78, 5) is 15.3. The van der Waals surface area contributed by atoms with Gasteiger partial charge in [0, 0.05) is 32.7 Å². The summed E-state index contributed by atoms with van der Waals surface area (Å²) in [6.07, 6.45) is 1.02. The quantitative estimate of drug-likeness (QED) is 0.645. The van der Waals surface area contributed by atoms with Gasteiger partial charge in [-0.25, -0.2) is 0 Å². The molecular formula is C9H19N3O. The predicted octanol–water partition coefficient (Wildman–Crippen LogP) is -0.502. The average molecular weight is 185 g/mol. The average Bonchev–Trinajstić information content (AvgIpc) is 2.49. The number of nitrogens with zero attached hydrogens (tertiary/aromatic N) is 2. The van der Waals surface area contributed by atoms with E-state index in [9.17, 15) is 4.79 Å². The van der Waals surface area contributed by atoms with Crippen LogP contribution < -0.4 is 5.73 Å². The minimum atomic E-state index is 0.191. The summed E-state index contributed by atoms with van der Waals surface area (Å²) in [5.41, 5.74) is 5.74. The van der Waals surface area contributed by atoms with E-state index in [-0.39, 0.29) is 11.9 Å². The first-order valence-electron chi connectivity index (χ1n) is 4.85. The zero-order valence-electron chi connectivity index (χ0n) is 8.49. The van der Waals surface area contributed by atoms with E-state index in [0.717, 1.165) is 26.1 Å². The molecule has 0 aliphatic carbocycles. The van der Waals surface area contributed by atoms with Gasteiger partial charge in [-0.2, -0.15) is 0 Å². The lowest BCUT2D eigenvalue weighted by Gasteiger charge is -2.19. The molecule has 0 aromatic rings. The third-order valence-electron chi connectivity index (χ3n) is 2.57. The van der Waals surface area contributed by atoms with Gasteiger partial charge in [0.05, 0.1) is 6.54 Å². The van der Waals surface area contributed by atoms with E-state index in [1.54, 1.807) is 4.90 Å². The van der Waals surface area contributed by atoms with Crippen LogP contribution in [0.4, 0.5) is 0 Å². The maximum Gasteiger partial charge on any atom is 0.236 e. The molecule has 1 saturated heterocycles. The fraction of sp³-hybridized carbons (Fsp3) is 0.889. The lowest BCUT2D eigenvalue weighted by molar-refractivity contribution is -0.130. The van der Waals surface area contributed by atoms with Crippen molar-refractivity contribution in [2.45, 2.75) is 19.4 Å². The molecule has 4 heteroatoms. The van der Waals surface area contributed by atoms with Gasteiger partial charge >= 0.3 is 0 Å². The van der Waals surface area contributed by atoms with Gasteiger partial charge in [0.2, 0.25) is 5.91 Å². The van der Waals surface area contributed by atoms with Crippen LogP contribution in [-0.4, -0.2) is 55.0 Å². The van der Waals surface area contributed by atoms with Gasteiger partial charge in [-0.3, -0.25) is 9.69 Å². The van der Waals surface area contributed by atoms with Crippen molar-refractivity contribution in [3.63, 3.8) is 0 Å². The fourth-order valence-electron chi connectivity index (χ4n) is 1.49. The summed E-state index contributed by atoms with van der Waals surface area (Å²) in [7, 11) is 1.83. The van der Waals surface area contributed by atoms with Crippen LogP contribution >= 0.6 is 0 Å². The van der Waals surface area contributed by atoms with Gasteiger partial charge in [-0.05, 0) is 13.3 Å². The van der Waals surface area contributed by atoms with E-state index in [0.29, 0.717) is 6.54 Å². The number of likely N-dealkylation sites (N-methyl/N-ethyl adjacent to an activating group) is 1. The second kappa shape index (κ2) is 4.58. The first-order chi connectivity index (χ1) is 6.13. The Hall–Kier alpha value is -0.610. The van der Waals surface area contributed by atoms with Gasteiger partial charge < -0.3 is 10.6 Å². The Morgan fingerprint density at radius 2 is 2.38 bits per heavy atom.